The van der Waals surface area contributed by atoms with Crippen molar-refractivity contribution in [1.29, 1.82) is 0 Å². The summed E-state index contributed by atoms with van der Waals surface area (Å²) in [5.74, 6) is 0.579. The highest BCUT2D eigenvalue weighted by atomic mass is 16.5. The summed E-state index contributed by atoms with van der Waals surface area (Å²) in [6.07, 6.45) is 3.05. The number of aliphatic imine (C=N–C) groups is 1. The van der Waals surface area contributed by atoms with Crippen LogP contribution in [0, 0.1) is 0 Å². The molecule has 1 aliphatic rings. The normalized spacial score (nSPS) is 15.6. The summed E-state index contributed by atoms with van der Waals surface area (Å²) in [4.78, 5) is 15.6. The van der Waals surface area contributed by atoms with Gasteiger partial charge >= 0.3 is 0 Å². The fourth-order valence-electron chi connectivity index (χ4n) is 1.85. The summed E-state index contributed by atoms with van der Waals surface area (Å²) in [6, 6.07) is 5.72. The van der Waals surface area contributed by atoms with E-state index in [4.69, 9.17) is 4.74 Å². The molecule has 0 saturated carbocycles. The number of fused-ring (bicyclic) bond motifs is 1. The summed E-state index contributed by atoms with van der Waals surface area (Å²) < 4.78 is 5.34. The molecule has 0 spiro atoms. The van der Waals surface area contributed by atoms with Gasteiger partial charge in [-0.3, -0.25) is 9.79 Å². The van der Waals surface area contributed by atoms with Gasteiger partial charge in [0.25, 0.3) is 5.91 Å². The van der Waals surface area contributed by atoms with Crippen LogP contribution in [0.15, 0.2) is 34.8 Å². The molecule has 0 atom stereocenters. The van der Waals surface area contributed by atoms with Crippen molar-refractivity contribution in [2.24, 2.45) is 4.99 Å². The molecule has 0 radical (unpaired) electrons. The van der Waals surface area contributed by atoms with Crippen LogP contribution in [0.4, 0.5) is 5.69 Å². The van der Waals surface area contributed by atoms with Gasteiger partial charge in [-0.05, 0) is 37.6 Å². The van der Waals surface area contributed by atoms with Crippen molar-refractivity contribution in [3.05, 3.63) is 35.4 Å². The smallest absolute Gasteiger partial charge is 0.262 e. The number of benzene rings is 1. The fourth-order valence-corrected chi connectivity index (χ4v) is 1.85. The third-order valence-corrected chi connectivity index (χ3v) is 3.09. The topological polar surface area (TPSA) is 50.7 Å². The molecule has 0 unspecified atom stereocenters. The van der Waals surface area contributed by atoms with Gasteiger partial charge in [-0.25, -0.2) is 0 Å². The molecular weight excluding hydrogens is 240 g/mol. The van der Waals surface area contributed by atoms with Gasteiger partial charge in [-0.1, -0.05) is 12.5 Å². The standard InChI is InChI=1S/C15H18N2O2/c1-4-10(2)7-12(16-3)11-5-6-14-13(8-11)17-15(18)9-19-14/h5-8H,4,9H2,1-3H3,(H,17,18)/b10-7-,16-12?. The first-order valence-electron chi connectivity index (χ1n) is 6.35. The average Bonchev–Trinajstić information content (AvgIpc) is 2.43. The minimum atomic E-state index is -0.125. The van der Waals surface area contributed by atoms with E-state index < -0.39 is 0 Å². The van der Waals surface area contributed by atoms with Crippen LogP contribution in [0.1, 0.15) is 25.8 Å². The van der Waals surface area contributed by atoms with E-state index in [0.717, 1.165) is 17.7 Å². The Bertz CT molecular complexity index is 559. The van der Waals surface area contributed by atoms with Crippen molar-refractivity contribution < 1.29 is 9.53 Å². The van der Waals surface area contributed by atoms with Crippen LogP contribution in [0.5, 0.6) is 5.75 Å². The van der Waals surface area contributed by atoms with Gasteiger partial charge in [-0.2, -0.15) is 0 Å². The number of anilines is 1. The summed E-state index contributed by atoms with van der Waals surface area (Å²) in [5, 5.41) is 2.81. The minimum absolute atomic E-state index is 0.0793. The van der Waals surface area contributed by atoms with Gasteiger partial charge in [0.2, 0.25) is 0 Å². The summed E-state index contributed by atoms with van der Waals surface area (Å²) in [7, 11) is 1.77. The van der Waals surface area contributed by atoms with Crippen molar-refractivity contribution >= 4 is 17.3 Å². The van der Waals surface area contributed by atoms with Crippen LogP contribution >= 0.6 is 0 Å². The molecule has 19 heavy (non-hydrogen) atoms. The maximum Gasteiger partial charge on any atom is 0.262 e. The molecule has 2 rings (SSSR count). The SMILES string of the molecule is CC/C(C)=C\C(=NC)c1ccc2c(c1)NC(=O)CO2. The first kappa shape index (κ1) is 13.3. The zero-order valence-electron chi connectivity index (χ0n) is 11.5. The van der Waals surface area contributed by atoms with E-state index in [2.05, 4.69) is 30.2 Å². The van der Waals surface area contributed by atoms with Crippen molar-refractivity contribution in [3.8, 4) is 5.75 Å². The van der Waals surface area contributed by atoms with Gasteiger partial charge in [0, 0.05) is 12.6 Å². The van der Waals surface area contributed by atoms with E-state index in [1.165, 1.54) is 5.57 Å². The Morgan fingerprint density at radius 2 is 2.32 bits per heavy atom. The van der Waals surface area contributed by atoms with E-state index in [1.807, 2.05) is 18.2 Å². The maximum atomic E-state index is 11.3. The molecule has 100 valence electrons. The van der Waals surface area contributed by atoms with Crippen molar-refractivity contribution in [2.75, 3.05) is 19.0 Å². The fraction of sp³-hybridized carbons (Fsp3) is 0.333. The van der Waals surface area contributed by atoms with Crippen LogP contribution in [0.25, 0.3) is 0 Å². The average molecular weight is 258 g/mol. The Hall–Kier alpha value is -2.10. The van der Waals surface area contributed by atoms with Crippen molar-refractivity contribution in [1.82, 2.24) is 0 Å². The molecule has 1 heterocycles. The van der Waals surface area contributed by atoms with E-state index in [0.29, 0.717) is 11.4 Å². The molecule has 4 heteroatoms. The van der Waals surface area contributed by atoms with Crippen LogP contribution in [-0.2, 0) is 4.79 Å². The van der Waals surface area contributed by atoms with Crippen LogP contribution < -0.4 is 10.1 Å². The van der Waals surface area contributed by atoms with E-state index in [1.54, 1.807) is 7.05 Å². The zero-order valence-corrected chi connectivity index (χ0v) is 11.5. The number of amides is 1. The molecule has 1 N–H and O–H groups in total. The first-order valence-corrected chi connectivity index (χ1v) is 6.35. The third kappa shape index (κ3) is 3.02. The second kappa shape index (κ2) is 5.69. The second-order valence-corrected chi connectivity index (χ2v) is 4.50. The Morgan fingerprint density at radius 3 is 3.00 bits per heavy atom. The van der Waals surface area contributed by atoms with Crippen molar-refractivity contribution in [2.45, 2.75) is 20.3 Å². The number of ether oxygens (including phenoxy) is 1. The summed E-state index contributed by atoms with van der Waals surface area (Å²) >= 11 is 0. The Kier molecular flexibility index (Phi) is 4.00. The highest BCUT2D eigenvalue weighted by Crippen LogP contribution is 2.28. The lowest BCUT2D eigenvalue weighted by molar-refractivity contribution is -0.118. The molecule has 0 aliphatic carbocycles. The monoisotopic (exact) mass is 258 g/mol. The van der Waals surface area contributed by atoms with Gasteiger partial charge in [0.1, 0.15) is 5.75 Å². The number of allylic oxidation sites excluding steroid dienone is 2. The highest BCUT2D eigenvalue weighted by molar-refractivity contribution is 6.10. The molecule has 1 aliphatic heterocycles. The predicted molar refractivity (Wildman–Crippen MR) is 77.1 cm³/mol. The molecule has 4 nitrogen and oxygen atoms in total. The number of carbonyl (C=O) groups is 1. The number of rotatable bonds is 3. The molecule has 0 saturated heterocycles. The number of nitrogens with zero attached hydrogens (tertiary/aromatic N) is 1. The van der Waals surface area contributed by atoms with Gasteiger partial charge in [-0.15, -0.1) is 0 Å². The molecule has 0 bridgehead atoms. The van der Waals surface area contributed by atoms with E-state index in [9.17, 15) is 4.79 Å². The maximum absolute atomic E-state index is 11.3. The Morgan fingerprint density at radius 1 is 1.53 bits per heavy atom. The number of carbonyl (C=O) groups excluding carboxylic acids is 1. The van der Waals surface area contributed by atoms with Gasteiger partial charge < -0.3 is 10.1 Å². The summed E-state index contributed by atoms with van der Waals surface area (Å²) in [6.45, 7) is 4.27. The number of hydrogen-bond acceptors (Lipinski definition) is 3. The lowest BCUT2D eigenvalue weighted by Crippen LogP contribution is -2.25. The Balaban J connectivity index is 2.35. The minimum Gasteiger partial charge on any atom is -0.482 e. The summed E-state index contributed by atoms with van der Waals surface area (Å²) in [5.41, 5.74) is 3.85. The van der Waals surface area contributed by atoms with E-state index >= 15 is 0 Å². The lowest BCUT2D eigenvalue weighted by atomic mass is 10.0. The largest absolute Gasteiger partial charge is 0.482 e. The van der Waals surface area contributed by atoms with E-state index in [-0.39, 0.29) is 12.5 Å². The number of nitrogens with one attached hydrogen (secondary N) is 1. The van der Waals surface area contributed by atoms with Crippen LogP contribution in [0.2, 0.25) is 0 Å². The molecule has 0 aromatic heterocycles. The molecular formula is C15H18N2O2. The quantitative estimate of drug-likeness (QED) is 0.847. The molecule has 0 fully saturated rings. The lowest BCUT2D eigenvalue weighted by Gasteiger charge is -2.18. The predicted octanol–water partition coefficient (Wildman–Crippen LogP) is 2.79. The molecule has 1 amide bonds. The first-order chi connectivity index (χ1) is 9.13. The highest BCUT2D eigenvalue weighted by Gasteiger charge is 2.16. The molecule has 1 aromatic carbocycles. The second-order valence-electron chi connectivity index (χ2n) is 4.50. The third-order valence-electron chi connectivity index (χ3n) is 3.09. The van der Waals surface area contributed by atoms with Crippen LogP contribution in [-0.4, -0.2) is 25.3 Å². The zero-order chi connectivity index (χ0) is 13.8. The van der Waals surface area contributed by atoms with Crippen LogP contribution in [0.3, 0.4) is 0 Å². The Labute approximate surface area is 113 Å². The number of hydrogen-bond donors (Lipinski definition) is 1. The van der Waals surface area contributed by atoms with Gasteiger partial charge in [0.15, 0.2) is 6.61 Å². The molecule has 1 aromatic rings. The van der Waals surface area contributed by atoms with Gasteiger partial charge in [0.05, 0.1) is 11.4 Å². The van der Waals surface area contributed by atoms with Crippen molar-refractivity contribution in [3.63, 3.8) is 0 Å².